The predicted octanol–water partition coefficient (Wildman–Crippen LogP) is 7.16. The van der Waals surface area contributed by atoms with Crippen molar-refractivity contribution in [2.75, 3.05) is 0 Å². The Labute approximate surface area is 192 Å². The molecule has 1 aromatic heterocycles. The fourth-order valence-corrected chi connectivity index (χ4v) is 12.2. The van der Waals surface area contributed by atoms with Crippen molar-refractivity contribution >= 4 is 11.3 Å². The lowest BCUT2D eigenvalue weighted by atomic mass is 9.36. The Morgan fingerprint density at radius 3 is 1.55 bits per heavy atom. The van der Waals surface area contributed by atoms with Crippen LogP contribution in [-0.4, -0.2) is 11.2 Å². The van der Waals surface area contributed by atoms with E-state index < -0.39 is 5.60 Å². The van der Waals surface area contributed by atoms with Gasteiger partial charge in [0.05, 0.1) is 11.0 Å². The molecule has 0 radical (unpaired) electrons. The molecule has 2 nitrogen and oxygen atoms in total. The van der Waals surface area contributed by atoms with Crippen molar-refractivity contribution in [1.82, 2.24) is 0 Å². The van der Waals surface area contributed by atoms with Crippen LogP contribution in [0.4, 0.5) is 0 Å². The molecule has 9 rings (SSSR count). The minimum Gasteiger partial charge on any atom is -0.490 e. The molecule has 1 N–H and O–H groups in total. The zero-order chi connectivity index (χ0) is 21.0. The van der Waals surface area contributed by atoms with Gasteiger partial charge < -0.3 is 9.84 Å². The highest BCUT2D eigenvalue weighted by atomic mass is 32.1. The summed E-state index contributed by atoms with van der Waals surface area (Å²) >= 11 is 1.82. The topological polar surface area (TPSA) is 29.5 Å². The van der Waals surface area contributed by atoms with Crippen LogP contribution in [0.2, 0.25) is 0 Å². The second kappa shape index (κ2) is 6.53. The summed E-state index contributed by atoms with van der Waals surface area (Å²) in [6, 6.07) is 2.17. The number of ether oxygens (including phenoxy) is 1. The second-order valence-corrected chi connectivity index (χ2v) is 14.3. The first kappa shape index (κ1) is 19.9. The molecule has 0 aromatic carbocycles. The Bertz CT molecular complexity index is 752. The molecule has 1 heterocycles. The van der Waals surface area contributed by atoms with Crippen LogP contribution in [0.25, 0.3) is 0 Å². The van der Waals surface area contributed by atoms with E-state index in [9.17, 15) is 5.11 Å². The maximum Gasteiger partial charge on any atom is 0.136 e. The van der Waals surface area contributed by atoms with Gasteiger partial charge in [-0.05, 0) is 138 Å². The summed E-state index contributed by atoms with van der Waals surface area (Å²) in [7, 11) is 0. The lowest BCUT2D eigenvalue weighted by Crippen LogP contribution is -2.66. The summed E-state index contributed by atoms with van der Waals surface area (Å²) < 4.78 is 6.41. The Morgan fingerprint density at radius 1 is 0.806 bits per heavy atom. The van der Waals surface area contributed by atoms with Gasteiger partial charge in [0.25, 0.3) is 0 Å². The molecule has 8 aliphatic carbocycles. The summed E-state index contributed by atoms with van der Waals surface area (Å²) in [6.07, 6.45) is 16.4. The fraction of sp³-hybridized carbons (Fsp3) is 0.857. The Balaban J connectivity index is 1.41. The molecule has 8 aliphatic rings. The zero-order valence-corrected chi connectivity index (χ0v) is 20.3. The van der Waals surface area contributed by atoms with Crippen LogP contribution in [0.5, 0.6) is 5.75 Å². The summed E-state index contributed by atoms with van der Waals surface area (Å²) in [5.74, 6) is 6.18. The van der Waals surface area contributed by atoms with Crippen LogP contribution in [0.3, 0.4) is 0 Å². The summed E-state index contributed by atoms with van der Waals surface area (Å²) in [4.78, 5) is 1.23. The van der Waals surface area contributed by atoms with Crippen LogP contribution >= 0.6 is 11.3 Å². The Morgan fingerprint density at radius 2 is 1.19 bits per heavy atom. The molecule has 31 heavy (non-hydrogen) atoms. The van der Waals surface area contributed by atoms with Crippen LogP contribution in [0.15, 0.2) is 11.4 Å². The Kier molecular flexibility index (Phi) is 4.19. The molecule has 3 heteroatoms. The minimum absolute atomic E-state index is 0.0906. The highest BCUT2D eigenvalue weighted by Crippen LogP contribution is 2.76. The molecular formula is C28H40O2S. The first-order valence-electron chi connectivity index (χ1n) is 13.3. The van der Waals surface area contributed by atoms with Gasteiger partial charge in [-0.3, -0.25) is 0 Å². The first-order valence-corrected chi connectivity index (χ1v) is 14.2. The molecule has 8 fully saturated rings. The summed E-state index contributed by atoms with van der Waals surface area (Å²) in [5, 5.41) is 15.7. The standard InChI is InChI=1S/C28H40O2S/c1-17(2)30-24-3-4-31-25(24)28(29,26-11-18-5-19(12-26)7-20(6-18)13-26)27-14-21-8-22(15-27)10-23(9-21)16-27/h3-4,17-23,29H,5-16H2,1-2H3. The number of rotatable bonds is 5. The molecule has 0 atom stereocenters. The summed E-state index contributed by atoms with van der Waals surface area (Å²) in [5.41, 5.74) is -0.509. The van der Waals surface area contributed by atoms with Gasteiger partial charge in [0.15, 0.2) is 0 Å². The van der Waals surface area contributed by atoms with E-state index in [1.807, 2.05) is 11.3 Å². The maximum atomic E-state index is 13.5. The molecular weight excluding hydrogens is 400 g/mol. The molecule has 0 spiro atoms. The first-order chi connectivity index (χ1) is 14.9. The van der Waals surface area contributed by atoms with E-state index in [1.165, 1.54) is 81.9 Å². The molecule has 0 amide bonds. The molecule has 0 aliphatic heterocycles. The minimum atomic E-state index is -0.690. The number of thiophene rings is 1. The van der Waals surface area contributed by atoms with Crippen molar-refractivity contribution < 1.29 is 9.84 Å². The van der Waals surface area contributed by atoms with Crippen molar-refractivity contribution in [3.63, 3.8) is 0 Å². The van der Waals surface area contributed by atoms with E-state index in [2.05, 4.69) is 25.3 Å². The van der Waals surface area contributed by atoms with E-state index >= 15 is 0 Å². The van der Waals surface area contributed by atoms with E-state index in [-0.39, 0.29) is 16.9 Å². The van der Waals surface area contributed by atoms with Gasteiger partial charge in [-0.25, -0.2) is 0 Å². The Hall–Kier alpha value is -0.540. The van der Waals surface area contributed by atoms with Crippen LogP contribution in [0, 0.1) is 46.3 Å². The van der Waals surface area contributed by atoms with Crippen molar-refractivity contribution in [1.29, 1.82) is 0 Å². The molecule has 8 bridgehead atoms. The average molecular weight is 441 g/mol. The van der Waals surface area contributed by atoms with Crippen molar-refractivity contribution in [3.05, 3.63) is 16.3 Å². The molecule has 8 saturated carbocycles. The molecule has 170 valence electrons. The third-order valence-electron chi connectivity index (χ3n) is 10.9. The smallest absolute Gasteiger partial charge is 0.136 e. The SMILES string of the molecule is CC(C)Oc1ccsc1C(O)(C12CC3CC(CC(C3)C1)C2)C12CC3CC(CC(C3)C1)C2. The van der Waals surface area contributed by atoms with Gasteiger partial charge in [0.2, 0.25) is 0 Å². The largest absolute Gasteiger partial charge is 0.490 e. The lowest BCUT2D eigenvalue weighted by Gasteiger charge is -2.70. The molecule has 1 aromatic rings. The van der Waals surface area contributed by atoms with Crippen LogP contribution in [-0.2, 0) is 5.60 Å². The van der Waals surface area contributed by atoms with Gasteiger partial charge in [-0.1, -0.05) is 0 Å². The summed E-state index contributed by atoms with van der Waals surface area (Å²) in [6.45, 7) is 4.27. The predicted molar refractivity (Wildman–Crippen MR) is 125 cm³/mol. The second-order valence-electron chi connectivity index (χ2n) is 13.4. The van der Waals surface area contributed by atoms with E-state index in [4.69, 9.17) is 4.74 Å². The molecule has 0 unspecified atom stereocenters. The number of aliphatic hydroxyl groups is 1. The fourth-order valence-electron chi connectivity index (χ4n) is 11.1. The quantitative estimate of drug-likeness (QED) is 0.526. The monoisotopic (exact) mass is 440 g/mol. The van der Waals surface area contributed by atoms with E-state index in [1.54, 1.807) is 0 Å². The normalized spacial score (nSPS) is 49.0. The van der Waals surface area contributed by atoms with Crippen molar-refractivity contribution in [3.8, 4) is 5.75 Å². The van der Waals surface area contributed by atoms with Crippen LogP contribution in [0.1, 0.15) is 95.8 Å². The number of hydrogen-bond acceptors (Lipinski definition) is 3. The zero-order valence-electron chi connectivity index (χ0n) is 19.4. The van der Waals surface area contributed by atoms with Crippen molar-refractivity contribution in [2.24, 2.45) is 46.3 Å². The van der Waals surface area contributed by atoms with Gasteiger partial charge >= 0.3 is 0 Å². The average Bonchev–Trinajstić information content (AvgIpc) is 3.12. The van der Waals surface area contributed by atoms with E-state index in [0.717, 1.165) is 41.3 Å². The van der Waals surface area contributed by atoms with Gasteiger partial charge in [-0.15, -0.1) is 11.3 Å². The maximum absolute atomic E-state index is 13.5. The van der Waals surface area contributed by atoms with Crippen molar-refractivity contribution in [2.45, 2.75) is 103 Å². The third kappa shape index (κ3) is 2.66. The molecule has 0 saturated heterocycles. The lowest BCUT2D eigenvalue weighted by molar-refractivity contribution is -0.276. The van der Waals surface area contributed by atoms with Gasteiger partial charge in [0.1, 0.15) is 11.4 Å². The third-order valence-corrected chi connectivity index (χ3v) is 11.9. The highest BCUT2D eigenvalue weighted by Gasteiger charge is 2.71. The van der Waals surface area contributed by atoms with Gasteiger partial charge in [-0.2, -0.15) is 0 Å². The van der Waals surface area contributed by atoms with Crippen LogP contribution < -0.4 is 4.74 Å². The van der Waals surface area contributed by atoms with E-state index in [0.29, 0.717) is 0 Å². The highest BCUT2D eigenvalue weighted by molar-refractivity contribution is 7.10. The number of hydrogen-bond donors (Lipinski definition) is 1. The van der Waals surface area contributed by atoms with Gasteiger partial charge in [0, 0.05) is 10.8 Å².